The molecule has 5 heteroatoms. The summed E-state index contributed by atoms with van der Waals surface area (Å²) in [5.74, 6) is -1.08. The molecule has 2 rings (SSSR count). The van der Waals surface area contributed by atoms with Crippen molar-refractivity contribution in [3.63, 3.8) is 0 Å². The molecule has 1 aromatic rings. The molecule has 20 heavy (non-hydrogen) atoms. The maximum Gasteiger partial charge on any atom is 0.315 e. The van der Waals surface area contributed by atoms with Gasteiger partial charge in [-0.25, -0.2) is 4.79 Å². The molecule has 1 fully saturated rings. The number of amides is 2. The highest BCUT2D eigenvalue weighted by Crippen LogP contribution is 2.25. The standard InChI is InChI=1S/C15H20N2O3/c18-14(19)12-6-7-13(10-12)17-15(20)16-9-8-11-4-2-1-3-5-11/h1-5,12-13H,6-10H2,(H,18,19)(H2,16,17,20). The summed E-state index contributed by atoms with van der Waals surface area (Å²) in [6.45, 7) is 0.574. The number of nitrogens with one attached hydrogen (secondary N) is 2. The number of carboxylic acid groups (broad SMARTS) is 1. The lowest BCUT2D eigenvalue weighted by Crippen LogP contribution is -2.41. The molecule has 3 N–H and O–H groups in total. The van der Waals surface area contributed by atoms with Crippen LogP contribution in [0.4, 0.5) is 4.79 Å². The maximum absolute atomic E-state index is 11.7. The minimum Gasteiger partial charge on any atom is -0.481 e. The lowest BCUT2D eigenvalue weighted by Gasteiger charge is -2.13. The van der Waals surface area contributed by atoms with Gasteiger partial charge in [0.15, 0.2) is 0 Å². The predicted molar refractivity (Wildman–Crippen MR) is 75.4 cm³/mol. The Morgan fingerprint density at radius 2 is 1.95 bits per heavy atom. The van der Waals surface area contributed by atoms with Gasteiger partial charge in [0.05, 0.1) is 5.92 Å². The average Bonchev–Trinajstić information content (AvgIpc) is 2.88. The van der Waals surface area contributed by atoms with E-state index in [0.717, 1.165) is 12.8 Å². The zero-order valence-electron chi connectivity index (χ0n) is 11.3. The highest BCUT2D eigenvalue weighted by Gasteiger charge is 2.30. The van der Waals surface area contributed by atoms with Crippen molar-refractivity contribution in [2.45, 2.75) is 31.7 Å². The van der Waals surface area contributed by atoms with Gasteiger partial charge in [0.1, 0.15) is 0 Å². The summed E-state index contributed by atoms with van der Waals surface area (Å²) in [7, 11) is 0. The molecule has 0 aliphatic heterocycles. The number of rotatable bonds is 5. The molecule has 0 heterocycles. The first-order valence-corrected chi connectivity index (χ1v) is 6.96. The van der Waals surface area contributed by atoms with Crippen molar-refractivity contribution in [1.29, 1.82) is 0 Å². The van der Waals surface area contributed by atoms with Gasteiger partial charge < -0.3 is 15.7 Å². The minimum atomic E-state index is -0.765. The zero-order valence-corrected chi connectivity index (χ0v) is 11.3. The van der Waals surface area contributed by atoms with Gasteiger partial charge in [0.25, 0.3) is 0 Å². The molecular weight excluding hydrogens is 256 g/mol. The lowest BCUT2D eigenvalue weighted by atomic mass is 10.1. The summed E-state index contributed by atoms with van der Waals surface area (Å²) < 4.78 is 0. The quantitative estimate of drug-likeness (QED) is 0.767. The van der Waals surface area contributed by atoms with E-state index in [-0.39, 0.29) is 18.0 Å². The van der Waals surface area contributed by atoms with E-state index in [4.69, 9.17) is 5.11 Å². The molecular formula is C15H20N2O3. The largest absolute Gasteiger partial charge is 0.481 e. The number of aliphatic carboxylic acids is 1. The normalized spacial score (nSPS) is 21.4. The molecule has 1 aliphatic rings. The number of carbonyl (C=O) groups excluding carboxylic acids is 1. The summed E-state index contributed by atoms with van der Waals surface area (Å²) in [5, 5.41) is 14.5. The molecule has 1 aromatic carbocycles. The predicted octanol–water partition coefficient (Wildman–Crippen LogP) is 1.78. The Morgan fingerprint density at radius 1 is 1.20 bits per heavy atom. The van der Waals surface area contributed by atoms with E-state index in [1.807, 2.05) is 30.3 Å². The van der Waals surface area contributed by atoms with Gasteiger partial charge in [-0.3, -0.25) is 4.79 Å². The topological polar surface area (TPSA) is 78.4 Å². The Morgan fingerprint density at radius 3 is 2.60 bits per heavy atom. The number of urea groups is 1. The molecule has 108 valence electrons. The molecule has 1 saturated carbocycles. The monoisotopic (exact) mass is 276 g/mol. The average molecular weight is 276 g/mol. The van der Waals surface area contributed by atoms with Crippen LogP contribution in [0, 0.1) is 5.92 Å². The third-order valence-corrected chi connectivity index (χ3v) is 3.66. The first kappa shape index (κ1) is 14.4. The smallest absolute Gasteiger partial charge is 0.315 e. The molecule has 2 atom stereocenters. The van der Waals surface area contributed by atoms with Gasteiger partial charge >= 0.3 is 12.0 Å². The molecule has 1 aliphatic carbocycles. The third kappa shape index (κ3) is 4.26. The van der Waals surface area contributed by atoms with E-state index < -0.39 is 5.97 Å². The number of hydrogen-bond donors (Lipinski definition) is 3. The fraction of sp³-hybridized carbons (Fsp3) is 0.467. The van der Waals surface area contributed by atoms with E-state index in [9.17, 15) is 9.59 Å². The van der Waals surface area contributed by atoms with Crippen LogP contribution in [0.2, 0.25) is 0 Å². The van der Waals surface area contributed by atoms with Crippen LogP contribution >= 0.6 is 0 Å². The van der Waals surface area contributed by atoms with Crippen molar-refractivity contribution in [3.8, 4) is 0 Å². The van der Waals surface area contributed by atoms with Gasteiger partial charge in [0.2, 0.25) is 0 Å². The van der Waals surface area contributed by atoms with Crippen molar-refractivity contribution < 1.29 is 14.7 Å². The molecule has 0 spiro atoms. The second-order valence-corrected chi connectivity index (χ2v) is 5.18. The lowest BCUT2D eigenvalue weighted by molar-refractivity contribution is -0.141. The van der Waals surface area contributed by atoms with Gasteiger partial charge in [0, 0.05) is 12.6 Å². The van der Waals surface area contributed by atoms with Gasteiger partial charge in [-0.15, -0.1) is 0 Å². The van der Waals surface area contributed by atoms with E-state index >= 15 is 0 Å². The van der Waals surface area contributed by atoms with Crippen LogP contribution in [0.15, 0.2) is 30.3 Å². The fourth-order valence-corrected chi connectivity index (χ4v) is 2.54. The second kappa shape index (κ2) is 6.93. The Bertz CT molecular complexity index is 461. The maximum atomic E-state index is 11.7. The van der Waals surface area contributed by atoms with E-state index in [2.05, 4.69) is 10.6 Å². The van der Waals surface area contributed by atoms with Crippen molar-refractivity contribution in [1.82, 2.24) is 10.6 Å². The van der Waals surface area contributed by atoms with Crippen LogP contribution in [-0.2, 0) is 11.2 Å². The van der Waals surface area contributed by atoms with E-state index in [1.54, 1.807) is 0 Å². The Labute approximate surface area is 118 Å². The van der Waals surface area contributed by atoms with Crippen molar-refractivity contribution in [3.05, 3.63) is 35.9 Å². The van der Waals surface area contributed by atoms with E-state index in [1.165, 1.54) is 5.56 Å². The summed E-state index contributed by atoms with van der Waals surface area (Å²) >= 11 is 0. The number of hydrogen-bond acceptors (Lipinski definition) is 2. The van der Waals surface area contributed by atoms with Crippen molar-refractivity contribution in [2.24, 2.45) is 5.92 Å². The highest BCUT2D eigenvalue weighted by molar-refractivity contribution is 5.75. The first-order chi connectivity index (χ1) is 9.65. The molecule has 0 saturated heterocycles. The van der Waals surface area contributed by atoms with Crippen molar-refractivity contribution >= 4 is 12.0 Å². The van der Waals surface area contributed by atoms with Crippen LogP contribution in [0.25, 0.3) is 0 Å². The SMILES string of the molecule is O=C(NCCc1ccccc1)NC1CCC(C(=O)O)C1. The summed E-state index contributed by atoms with van der Waals surface area (Å²) in [5.41, 5.74) is 1.18. The van der Waals surface area contributed by atoms with Gasteiger partial charge in [-0.1, -0.05) is 30.3 Å². The molecule has 2 unspecified atom stereocenters. The van der Waals surface area contributed by atoms with Crippen molar-refractivity contribution in [2.75, 3.05) is 6.54 Å². The Kier molecular flexibility index (Phi) is 4.98. The number of carbonyl (C=O) groups is 2. The van der Waals surface area contributed by atoms with Crippen LogP contribution < -0.4 is 10.6 Å². The van der Waals surface area contributed by atoms with Gasteiger partial charge in [-0.2, -0.15) is 0 Å². The minimum absolute atomic E-state index is 0.0205. The second-order valence-electron chi connectivity index (χ2n) is 5.18. The van der Waals surface area contributed by atoms with Crippen LogP contribution in [0.5, 0.6) is 0 Å². The summed E-state index contributed by atoms with van der Waals surface area (Å²) in [6.07, 6.45) is 2.70. The van der Waals surface area contributed by atoms with E-state index in [0.29, 0.717) is 19.4 Å². The fourth-order valence-electron chi connectivity index (χ4n) is 2.54. The third-order valence-electron chi connectivity index (χ3n) is 3.66. The summed E-state index contributed by atoms with van der Waals surface area (Å²) in [4.78, 5) is 22.5. The summed E-state index contributed by atoms with van der Waals surface area (Å²) in [6, 6.07) is 9.72. The molecule has 5 nitrogen and oxygen atoms in total. The van der Waals surface area contributed by atoms with Crippen LogP contribution in [-0.4, -0.2) is 29.7 Å². The van der Waals surface area contributed by atoms with Crippen LogP contribution in [0.3, 0.4) is 0 Å². The zero-order chi connectivity index (χ0) is 14.4. The first-order valence-electron chi connectivity index (χ1n) is 6.96. The Balaban J connectivity index is 1.65. The van der Waals surface area contributed by atoms with Gasteiger partial charge in [-0.05, 0) is 31.2 Å². The molecule has 0 aromatic heterocycles. The molecule has 0 bridgehead atoms. The Hall–Kier alpha value is -2.04. The number of carboxylic acids is 1. The highest BCUT2D eigenvalue weighted by atomic mass is 16.4. The molecule has 0 radical (unpaired) electrons. The molecule has 2 amide bonds. The van der Waals surface area contributed by atoms with Crippen LogP contribution in [0.1, 0.15) is 24.8 Å². The number of benzene rings is 1.